The molecule has 108 valence electrons. The van der Waals surface area contributed by atoms with Crippen LogP contribution >= 0.6 is 15.9 Å². The van der Waals surface area contributed by atoms with Gasteiger partial charge in [-0.05, 0) is 22.0 Å². The Morgan fingerprint density at radius 3 is 2.63 bits per heavy atom. The Bertz CT molecular complexity index is 415. The monoisotopic (exact) mass is 342 g/mol. The van der Waals surface area contributed by atoms with Crippen molar-refractivity contribution in [2.75, 3.05) is 32.7 Å². The fraction of sp³-hybridized carbons (Fsp3) is 0.545. The van der Waals surface area contributed by atoms with Crippen molar-refractivity contribution in [1.82, 2.24) is 4.98 Å². The number of pyridine rings is 1. The van der Waals surface area contributed by atoms with E-state index < -0.39 is 11.7 Å². The zero-order valence-electron chi connectivity index (χ0n) is 10.4. The van der Waals surface area contributed by atoms with Crippen molar-refractivity contribution in [2.24, 2.45) is 0 Å². The highest BCUT2D eigenvalue weighted by Gasteiger charge is 2.34. The first-order chi connectivity index (χ1) is 8.88. The Hall–Kier alpha value is -0.860. The average Bonchev–Trinajstić information content (AvgIpc) is 2.34. The second kappa shape index (κ2) is 7.06. The molecule has 0 aliphatic heterocycles. The lowest BCUT2D eigenvalue weighted by Gasteiger charge is -2.18. The number of anilines is 1. The van der Waals surface area contributed by atoms with Crippen molar-refractivity contribution < 1.29 is 22.6 Å². The number of rotatable bonds is 6. The number of hydrogen-bond donors (Lipinski definition) is 1. The molecule has 1 aromatic rings. The minimum atomic E-state index is -4.47. The Morgan fingerprint density at radius 1 is 1.42 bits per heavy atom. The van der Waals surface area contributed by atoms with Gasteiger partial charge in [0.2, 0.25) is 0 Å². The molecule has 0 saturated heterocycles. The van der Waals surface area contributed by atoms with Gasteiger partial charge < -0.3 is 14.8 Å². The summed E-state index contributed by atoms with van der Waals surface area (Å²) in [7, 11) is 2.95. The first kappa shape index (κ1) is 16.2. The first-order valence-corrected chi connectivity index (χ1v) is 6.16. The third-order valence-corrected chi connectivity index (χ3v) is 2.78. The molecule has 1 atom stereocenters. The number of aromatic nitrogens is 1. The molecule has 0 spiro atoms. The van der Waals surface area contributed by atoms with Gasteiger partial charge in [0, 0.05) is 31.4 Å². The summed E-state index contributed by atoms with van der Waals surface area (Å²) in [4.78, 5) is 3.74. The summed E-state index contributed by atoms with van der Waals surface area (Å²) >= 11 is 2.97. The second-order valence-electron chi connectivity index (χ2n) is 3.74. The molecule has 0 aliphatic rings. The van der Waals surface area contributed by atoms with E-state index >= 15 is 0 Å². The van der Waals surface area contributed by atoms with Crippen molar-refractivity contribution >= 4 is 21.7 Å². The molecular formula is C11H14BrF3N2O2. The summed E-state index contributed by atoms with van der Waals surface area (Å²) in [6.07, 6.45) is -3.52. The standard InChI is InChI=1S/C11H14BrF3N2O2/c1-18-6-8(19-2)5-17-10-9(11(13,14)15)3-7(12)4-16-10/h3-4,8H,5-6H2,1-2H3,(H,16,17). The SMILES string of the molecule is COCC(CNc1ncc(Br)cc1C(F)(F)F)OC. The number of methoxy groups -OCH3 is 2. The van der Waals surface area contributed by atoms with Crippen LogP contribution in [0.4, 0.5) is 19.0 Å². The molecule has 0 saturated carbocycles. The number of alkyl halides is 3. The molecular weight excluding hydrogens is 329 g/mol. The van der Waals surface area contributed by atoms with E-state index in [0.717, 1.165) is 6.07 Å². The van der Waals surface area contributed by atoms with Crippen molar-refractivity contribution in [3.63, 3.8) is 0 Å². The summed E-state index contributed by atoms with van der Waals surface area (Å²) in [6.45, 7) is 0.448. The zero-order chi connectivity index (χ0) is 14.5. The van der Waals surface area contributed by atoms with E-state index in [-0.39, 0.29) is 29.5 Å². The quantitative estimate of drug-likeness (QED) is 0.863. The van der Waals surface area contributed by atoms with Crippen molar-refractivity contribution in [3.05, 3.63) is 22.3 Å². The molecule has 1 N–H and O–H groups in total. The summed E-state index contributed by atoms with van der Waals surface area (Å²) in [5, 5.41) is 2.63. The lowest BCUT2D eigenvalue weighted by Crippen LogP contribution is -2.27. The van der Waals surface area contributed by atoms with Crippen LogP contribution in [0.25, 0.3) is 0 Å². The van der Waals surface area contributed by atoms with Gasteiger partial charge in [0.25, 0.3) is 0 Å². The predicted octanol–water partition coefficient (Wildman–Crippen LogP) is 2.94. The normalized spacial score (nSPS) is 13.4. The highest BCUT2D eigenvalue weighted by Crippen LogP contribution is 2.35. The fourth-order valence-corrected chi connectivity index (χ4v) is 1.73. The van der Waals surface area contributed by atoms with Crippen LogP contribution in [0, 0.1) is 0 Å². The largest absolute Gasteiger partial charge is 0.419 e. The first-order valence-electron chi connectivity index (χ1n) is 5.36. The minimum absolute atomic E-state index is 0.169. The summed E-state index contributed by atoms with van der Waals surface area (Å²) < 4.78 is 48.7. The fourth-order valence-electron chi connectivity index (χ4n) is 1.40. The smallest absolute Gasteiger partial charge is 0.382 e. The van der Waals surface area contributed by atoms with Crippen molar-refractivity contribution in [3.8, 4) is 0 Å². The van der Waals surface area contributed by atoms with Gasteiger partial charge in [-0.3, -0.25) is 0 Å². The highest BCUT2D eigenvalue weighted by molar-refractivity contribution is 9.10. The van der Waals surface area contributed by atoms with Crippen LogP contribution in [0.5, 0.6) is 0 Å². The molecule has 0 fully saturated rings. The Labute approximate surface area is 117 Å². The van der Waals surface area contributed by atoms with E-state index in [1.54, 1.807) is 0 Å². The van der Waals surface area contributed by atoms with E-state index in [4.69, 9.17) is 9.47 Å². The van der Waals surface area contributed by atoms with Gasteiger partial charge in [0.05, 0.1) is 18.3 Å². The van der Waals surface area contributed by atoms with Crippen LogP contribution in [-0.4, -0.2) is 38.5 Å². The maximum absolute atomic E-state index is 12.8. The average molecular weight is 343 g/mol. The maximum Gasteiger partial charge on any atom is 0.419 e. The van der Waals surface area contributed by atoms with Crippen LogP contribution in [0.3, 0.4) is 0 Å². The van der Waals surface area contributed by atoms with Crippen molar-refractivity contribution in [1.29, 1.82) is 0 Å². The topological polar surface area (TPSA) is 43.4 Å². The number of nitrogens with zero attached hydrogens (tertiary/aromatic N) is 1. The van der Waals surface area contributed by atoms with E-state index in [1.807, 2.05) is 0 Å². The highest BCUT2D eigenvalue weighted by atomic mass is 79.9. The van der Waals surface area contributed by atoms with Gasteiger partial charge in [-0.1, -0.05) is 0 Å². The van der Waals surface area contributed by atoms with E-state index in [9.17, 15) is 13.2 Å². The molecule has 0 bridgehead atoms. The predicted molar refractivity (Wildman–Crippen MR) is 68.1 cm³/mol. The van der Waals surface area contributed by atoms with Gasteiger partial charge in [-0.15, -0.1) is 0 Å². The number of nitrogens with one attached hydrogen (secondary N) is 1. The van der Waals surface area contributed by atoms with Gasteiger partial charge in [-0.2, -0.15) is 13.2 Å². The molecule has 0 aromatic carbocycles. The van der Waals surface area contributed by atoms with Crippen LogP contribution in [0.1, 0.15) is 5.56 Å². The Morgan fingerprint density at radius 2 is 2.11 bits per heavy atom. The minimum Gasteiger partial charge on any atom is -0.382 e. The van der Waals surface area contributed by atoms with Crippen LogP contribution in [0.2, 0.25) is 0 Å². The van der Waals surface area contributed by atoms with Gasteiger partial charge in [-0.25, -0.2) is 4.98 Å². The van der Waals surface area contributed by atoms with Gasteiger partial charge in [0.15, 0.2) is 0 Å². The van der Waals surface area contributed by atoms with Gasteiger partial charge in [0.1, 0.15) is 5.82 Å². The summed E-state index contributed by atoms with van der Waals surface area (Å²) in [6, 6.07) is 0.980. The Balaban J connectivity index is 2.83. The lowest BCUT2D eigenvalue weighted by atomic mass is 10.2. The number of halogens is 4. The molecule has 0 aliphatic carbocycles. The number of hydrogen-bond acceptors (Lipinski definition) is 4. The molecule has 1 unspecified atom stereocenters. The molecule has 1 rings (SSSR count). The molecule has 0 radical (unpaired) electrons. The zero-order valence-corrected chi connectivity index (χ0v) is 12.0. The van der Waals surface area contributed by atoms with E-state index in [0.29, 0.717) is 0 Å². The Kier molecular flexibility index (Phi) is 6.02. The third-order valence-electron chi connectivity index (χ3n) is 2.34. The van der Waals surface area contributed by atoms with Crippen LogP contribution < -0.4 is 5.32 Å². The third kappa shape index (κ3) is 4.96. The second-order valence-corrected chi connectivity index (χ2v) is 4.66. The van der Waals surface area contributed by atoms with Crippen molar-refractivity contribution in [2.45, 2.75) is 12.3 Å². The molecule has 1 heterocycles. The van der Waals surface area contributed by atoms with Crippen LogP contribution in [-0.2, 0) is 15.7 Å². The lowest BCUT2D eigenvalue weighted by molar-refractivity contribution is -0.137. The summed E-state index contributed by atoms with van der Waals surface area (Å²) in [5.41, 5.74) is -0.825. The number of ether oxygens (including phenoxy) is 2. The van der Waals surface area contributed by atoms with Crippen LogP contribution in [0.15, 0.2) is 16.7 Å². The van der Waals surface area contributed by atoms with E-state index in [1.165, 1.54) is 20.4 Å². The molecule has 0 amide bonds. The van der Waals surface area contributed by atoms with Gasteiger partial charge >= 0.3 is 6.18 Å². The molecule has 8 heteroatoms. The van der Waals surface area contributed by atoms with E-state index in [2.05, 4.69) is 26.2 Å². The maximum atomic E-state index is 12.8. The summed E-state index contributed by atoms with van der Waals surface area (Å²) in [5.74, 6) is -0.228. The molecule has 1 aromatic heterocycles. The molecule has 19 heavy (non-hydrogen) atoms. The molecule has 4 nitrogen and oxygen atoms in total.